The second kappa shape index (κ2) is 8.75. The van der Waals surface area contributed by atoms with Crippen LogP contribution in [-0.4, -0.2) is 63.5 Å². The molecular formula is C23H27NO6. The Balaban J connectivity index is 1.56. The number of ether oxygens (including phenoxy) is 2. The lowest BCUT2D eigenvalue weighted by atomic mass is 9.90. The van der Waals surface area contributed by atoms with Gasteiger partial charge in [-0.3, -0.25) is 0 Å². The number of hydrogen-bond acceptors (Lipinski definition) is 6. The van der Waals surface area contributed by atoms with Crippen LogP contribution in [0.5, 0.6) is 5.75 Å². The number of aliphatic hydroxyl groups is 4. The molecule has 0 bridgehead atoms. The standard InChI is InChI=1S/C23H27NO6/c1-29-16-7-3-13(4-8-16)2-5-15-11-24-18-9-6-14(10-17(15)18)23-22(28)21(27)20(26)19(12-25)30-23/h3-4,6-11,19-28H,2,5,12H2,1H3/t19-,20-,21+,22-,23?/m1/s1. The Kier molecular flexibility index (Phi) is 6.08. The van der Waals surface area contributed by atoms with E-state index in [1.165, 1.54) is 5.56 Å². The van der Waals surface area contributed by atoms with Gasteiger partial charge in [0, 0.05) is 17.1 Å². The third-order valence-electron chi connectivity index (χ3n) is 5.85. The van der Waals surface area contributed by atoms with Crippen LogP contribution in [0.2, 0.25) is 0 Å². The van der Waals surface area contributed by atoms with E-state index < -0.39 is 37.1 Å². The SMILES string of the molecule is COc1ccc(CCc2c[nH]c3ccc(C4O[C@H](CO)[C@@H](O)[C@H](O)[C@H]4O)cc23)cc1. The number of methoxy groups -OCH3 is 1. The molecule has 1 saturated heterocycles. The van der Waals surface area contributed by atoms with Gasteiger partial charge in [0.15, 0.2) is 0 Å². The van der Waals surface area contributed by atoms with Gasteiger partial charge in [-0.15, -0.1) is 0 Å². The number of benzene rings is 2. The van der Waals surface area contributed by atoms with Crippen molar-refractivity contribution in [2.45, 2.75) is 43.4 Å². The van der Waals surface area contributed by atoms with E-state index in [1.807, 2.05) is 48.7 Å². The molecule has 30 heavy (non-hydrogen) atoms. The maximum atomic E-state index is 10.4. The van der Waals surface area contributed by atoms with E-state index in [1.54, 1.807) is 7.11 Å². The summed E-state index contributed by atoms with van der Waals surface area (Å²) in [6.07, 6.45) is -2.15. The molecule has 5 atom stereocenters. The van der Waals surface area contributed by atoms with Crippen LogP contribution < -0.4 is 4.74 Å². The summed E-state index contributed by atoms with van der Waals surface area (Å²) in [6, 6.07) is 13.6. The molecular weight excluding hydrogens is 386 g/mol. The Morgan fingerprint density at radius 2 is 1.73 bits per heavy atom. The summed E-state index contributed by atoms with van der Waals surface area (Å²) in [7, 11) is 1.65. The van der Waals surface area contributed by atoms with Crippen LogP contribution in [0.15, 0.2) is 48.7 Å². The minimum atomic E-state index is -1.39. The van der Waals surface area contributed by atoms with E-state index in [9.17, 15) is 20.4 Å². The molecule has 1 unspecified atom stereocenters. The molecule has 0 spiro atoms. The van der Waals surface area contributed by atoms with Crippen LogP contribution in [0.1, 0.15) is 22.8 Å². The van der Waals surface area contributed by atoms with Crippen LogP contribution in [0.4, 0.5) is 0 Å². The van der Waals surface area contributed by atoms with Gasteiger partial charge in [-0.05, 0) is 53.8 Å². The summed E-state index contributed by atoms with van der Waals surface area (Å²) >= 11 is 0. The Morgan fingerprint density at radius 3 is 2.43 bits per heavy atom. The highest BCUT2D eigenvalue weighted by molar-refractivity contribution is 5.84. The predicted octanol–water partition coefficient (Wildman–Crippen LogP) is 1.48. The number of nitrogens with one attached hydrogen (secondary N) is 1. The minimum Gasteiger partial charge on any atom is -0.497 e. The topological polar surface area (TPSA) is 115 Å². The van der Waals surface area contributed by atoms with Crippen molar-refractivity contribution in [1.82, 2.24) is 4.98 Å². The van der Waals surface area contributed by atoms with Gasteiger partial charge in [-0.2, -0.15) is 0 Å². The first-order valence-electron chi connectivity index (χ1n) is 10.0. The van der Waals surface area contributed by atoms with Gasteiger partial charge in [-0.1, -0.05) is 18.2 Å². The first-order chi connectivity index (χ1) is 14.5. The summed E-state index contributed by atoms with van der Waals surface area (Å²) in [5.74, 6) is 0.829. The molecule has 1 aliphatic rings. The van der Waals surface area contributed by atoms with E-state index in [0.29, 0.717) is 5.56 Å². The van der Waals surface area contributed by atoms with Gasteiger partial charge in [0.05, 0.1) is 13.7 Å². The molecule has 2 aromatic carbocycles. The third kappa shape index (κ3) is 3.95. The normalized spacial score (nSPS) is 26.8. The van der Waals surface area contributed by atoms with Crippen molar-refractivity contribution in [3.63, 3.8) is 0 Å². The summed E-state index contributed by atoms with van der Waals surface area (Å²) < 4.78 is 10.9. The zero-order chi connectivity index (χ0) is 21.3. The van der Waals surface area contributed by atoms with Gasteiger partial charge in [0.2, 0.25) is 0 Å². The highest BCUT2D eigenvalue weighted by Gasteiger charge is 2.43. The number of aromatic amines is 1. The van der Waals surface area contributed by atoms with Crippen LogP contribution in [-0.2, 0) is 17.6 Å². The number of fused-ring (bicyclic) bond motifs is 1. The molecule has 7 nitrogen and oxygen atoms in total. The zero-order valence-electron chi connectivity index (χ0n) is 16.7. The van der Waals surface area contributed by atoms with Crippen molar-refractivity contribution < 1.29 is 29.9 Å². The lowest BCUT2D eigenvalue weighted by molar-refractivity contribution is -0.231. The average Bonchev–Trinajstić information content (AvgIpc) is 3.19. The number of hydrogen-bond donors (Lipinski definition) is 5. The lowest BCUT2D eigenvalue weighted by Crippen LogP contribution is -2.55. The molecule has 1 aliphatic heterocycles. The average molecular weight is 413 g/mol. The fourth-order valence-corrected chi connectivity index (χ4v) is 4.03. The summed E-state index contributed by atoms with van der Waals surface area (Å²) in [4.78, 5) is 3.27. The van der Waals surface area contributed by atoms with Crippen molar-refractivity contribution in [2.24, 2.45) is 0 Å². The number of aromatic nitrogens is 1. The summed E-state index contributed by atoms with van der Waals surface area (Å²) in [6.45, 7) is -0.443. The van der Waals surface area contributed by atoms with Gasteiger partial charge < -0.3 is 34.9 Å². The van der Waals surface area contributed by atoms with Crippen LogP contribution in [0, 0.1) is 0 Å². The summed E-state index contributed by atoms with van der Waals surface area (Å²) in [5, 5.41) is 41.0. The first-order valence-corrected chi connectivity index (χ1v) is 10.0. The highest BCUT2D eigenvalue weighted by Crippen LogP contribution is 2.34. The van der Waals surface area contributed by atoms with E-state index in [4.69, 9.17) is 9.47 Å². The molecule has 1 aromatic heterocycles. The first kappa shape index (κ1) is 20.8. The van der Waals surface area contributed by atoms with Crippen molar-refractivity contribution >= 4 is 10.9 Å². The Hall–Kier alpha value is -2.42. The maximum absolute atomic E-state index is 10.4. The number of rotatable bonds is 6. The zero-order valence-corrected chi connectivity index (χ0v) is 16.7. The van der Waals surface area contributed by atoms with E-state index in [2.05, 4.69) is 4.98 Å². The van der Waals surface area contributed by atoms with E-state index >= 15 is 0 Å². The Labute approximate surface area is 174 Å². The molecule has 7 heteroatoms. The van der Waals surface area contributed by atoms with E-state index in [-0.39, 0.29) is 0 Å². The van der Waals surface area contributed by atoms with Crippen molar-refractivity contribution in [3.05, 3.63) is 65.4 Å². The predicted molar refractivity (Wildman–Crippen MR) is 111 cm³/mol. The largest absolute Gasteiger partial charge is 0.497 e. The Bertz CT molecular complexity index is 983. The van der Waals surface area contributed by atoms with Gasteiger partial charge in [0.25, 0.3) is 0 Å². The molecule has 0 aliphatic carbocycles. The molecule has 2 heterocycles. The second-order valence-corrected chi connectivity index (χ2v) is 7.72. The van der Waals surface area contributed by atoms with Crippen LogP contribution in [0.3, 0.4) is 0 Å². The van der Waals surface area contributed by atoms with Gasteiger partial charge >= 0.3 is 0 Å². The molecule has 0 saturated carbocycles. The minimum absolute atomic E-state index is 0.443. The smallest absolute Gasteiger partial charge is 0.118 e. The number of aliphatic hydroxyl groups excluding tert-OH is 4. The highest BCUT2D eigenvalue weighted by atomic mass is 16.5. The third-order valence-corrected chi connectivity index (χ3v) is 5.85. The van der Waals surface area contributed by atoms with Crippen molar-refractivity contribution in [3.8, 4) is 5.75 Å². The monoisotopic (exact) mass is 413 g/mol. The molecule has 1 fully saturated rings. The van der Waals surface area contributed by atoms with Gasteiger partial charge in [0.1, 0.15) is 36.3 Å². The van der Waals surface area contributed by atoms with E-state index in [0.717, 1.165) is 35.1 Å². The maximum Gasteiger partial charge on any atom is 0.118 e. The molecule has 160 valence electrons. The molecule has 3 aromatic rings. The second-order valence-electron chi connectivity index (χ2n) is 7.72. The van der Waals surface area contributed by atoms with Crippen LogP contribution in [0.25, 0.3) is 10.9 Å². The van der Waals surface area contributed by atoms with Crippen LogP contribution >= 0.6 is 0 Å². The molecule has 0 radical (unpaired) electrons. The number of aryl methyl sites for hydroxylation is 2. The fraction of sp³-hybridized carbons (Fsp3) is 0.391. The van der Waals surface area contributed by atoms with Crippen molar-refractivity contribution in [2.75, 3.05) is 13.7 Å². The van der Waals surface area contributed by atoms with Gasteiger partial charge in [-0.25, -0.2) is 0 Å². The fourth-order valence-electron chi connectivity index (χ4n) is 4.03. The van der Waals surface area contributed by atoms with Crippen molar-refractivity contribution in [1.29, 1.82) is 0 Å². The number of H-pyrrole nitrogens is 1. The summed E-state index contributed by atoms with van der Waals surface area (Å²) in [5.41, 5.74) is 3.99. The Morgan fingerprint density at radius 1 is 0.967 bits per heavy atom. The quantitative estimate of drug-likeness (QED) is 0.418. The molecule has 0 amide bonds. The molecule has 5 N–H and O–H groups in total. The lowest BCUT2D eigenvalue weighted by Gasteiger charge is -2.40. The molecule has 4 rings (SSSR count).